The monoisotopic (exact) mass is 317 g/mol. The fourth-order valence-corrected chi connectivity index (χ4v) is 3.46. The number of aryl methyl sites for hydroxylation is 1. The third-order valence-corrected chi connectivity index (χ3v) is 4.78. The molecule has 1 fully saturated rings. The largest absolute Gasteiger partial charge is 0.351 e. The maximum absolute atomic E-state index is 13.8. The molecule has 0 unspecified atom stereocenters. The maximum atomic E-state index is 13.8. The van der Waals surface area contributed by atoms with E-state index in [-0.39, 0.29) is 29.3 Å². The Labute approximate surface area is 132 Å². The Balaban J connectivity index is 1.40. The molecule has 0 radical (unpaired) electrons. The average Bonchev–Trinajstić information content (AvgIpc) is 3.16. The van der Waals surface area contributed by atoms with E-state index in [1.807, 2.05) is 10.8 Å². The zero-order valence-corrected chi connectivity index (χ0v) is 12.5. The Morgan fingerprint density at radius 2 is 2.09 bits per heavy atom. The average molecular weight is 317 g/mol. The molecule has 1 aromatic carbocycles. The number of nitrogens with one attached hydrogen (secondary N) is 1. The summed E-state index contributed by atoms with van der Waals surface area (Å²) in [6, 6.07) is 3.88. The van der Waals surface area contributed by atoms with Crippen LogP contribution in [0.3, 0.4) is 0 Å². The van der Waals surface area contributed by atoms with Crippen molar-refractivity contribution in [1.82, 2.24) is 14.9 Å². The second-order valence-corrected chi connectivity index (χ2v) is 6.32. The summed E-state index contributed by atoms with van der Waals surface area (Å²) in [5.41, 5.74) is 0.0492. The van der Waals surface area contributed by atoms with E-state index in [0.29, 0.717) is 13.0 Å². The van der Waals surface area contributed by atoms with Gasteiger partial charge in [0, 0.05) is 48.8 Å². The van der Waals surface area contributed by atoms with Gasteiger partial charge in [0.05, 0.1) is 0 Å². The first-order valence-electron chi connectivity index (χ1n) is 7.88. The highest BCUT2D eigenvalue weighted by Gasteiger charge is 2.47. The Bertz CT molecular complexity index is 738. The number of benzene rings is 1. The molecule has 23 heavy (non-hydrogen) atoms. The van der Waals surface area contributed by atoms with Gasteiger partial charge in [-0.15, -0.1) is 0 Å². The smallest absolute Gasteiger partial charge is 0.224 e. The van der Waals surface area contributed by atoms with Crippen LogP contribution in [0.4, 0.5) is 8.78 Å². The van der Waals surface area contributed by atoms with Crippen LogP contribution < -0.4 is 5.32 Å². The fraction of sp³-hybridized carbons (Fsp3) is 0.412. The first kappa shape index (κ1) is 14.4. The van der Waals surface area contributed by atoms with Crippen LogP contribution in [0.2, 0.25) is 0 Å². The van der Waals surface area contributed by atoms with Gasteiger partial charge in [0.1, 0.15) is 17.5 Å². The SMILES string of the molecule is O=C(N[C@@H]1CCc2nccn2C1)[C@@H]1C[C@@H]1c1c(F)cccc1F. The number of hydrogen-bond acceptors (Lipinski definition) is 2. The van der Waals surface area contributed by atoms with E-state index in [2.05, 4.69) is 10.3 Å². The minimum absolute atomic E-state index is 0.0492. The molecule has 2 heterocycles. The number of carbonyl (C=O) groups excluding carboxylic acids is 1. The van der Waals surface area contributed by atoms with E-state index < -0.39 is 11.6 Å². The minimum atomic E-state index is -0.564. The zero-order valence-electron chi connectivity index (χ0n) is 12.5. The lowest BCUT2D eigenvalue weighted by Crippen LogP contribution is -2.41. The molecule has 3 atom stereocenters. The van der Waals surface area contributed by atoms with Gasteiger partial charge >= 0.3 is 0 Å². The van der Waals surface area contributed by atoms with Gasteiger partial charge in [-0.3, -0.25) is 4.79 Å². The first-order chi connectivity index (χ1) is 11.1. The molecule has 0 saturated heterocycles. The molecule has 2 aromatic rings. The summed E-state index contributed by atoms with van der Waals surface area (Å²) in [6.07, 6.45) is 5.84. The highest BCUT2D eigenvalue weighted by Crippen LogP contribution is 2.49. The molecule has 2 aliphatic rings. The Morgan fingerprint density at radius 1 is 1.30 bits per heavy atom. The van der Waals surface area contributed by atoms with Gasteiger partial charge in [-0.2, -0.15) is 0 Å². The summed E-state index contributed by atoms with van der Waals surface area (Å²) in [7, 11) is 0. The number of nitrogens with zero attached hydrogens (tertiary/aromatic N) is 2. The van der Waals surface area contributed by atoms with Gasteiger partial charge in [-0.05, 0) is 25.0 Å². The number of halogens is 2. The maximum Gasteiger partial charge on any atom is 0.224 e. The van der Waals surface area contributed by atoms with Crippen LogP contribution in [-0.2, 0) is 17.8 Å². The van der Waals surface area contributed by atoms with Crippen molar-refractivity contribution in [3.05, 3.63) is 53.6 Å². The van der Waals surface area contributed by atoms with E-state index in [4.69, 9.17) is 0 Å². The van der Waals surface area contributed by atoms with Crippen LogP contribution in [0.5, 0.6) is 0 Å². The standard InChI is InChI=1S/C17H17F2N3O/c18-13-2-1-3-14(19)16(13)11-8-12(11)17(23)21-10-4-5-15-20-6-7-22(15)9-10/h1-3,6-7,10-12H,4-5,8-9H2,(H,21,23)/t10-,11+,12-/m1/s1. The Kier molecular flexibility index (Phi) is 3.39. The van der Waals surface area contributed by atoms with Gasteiger partial charge in [0.2, 0.25) is 5.91 Å². The van der Waals surface area contributed by atoms with Crippen molar-refractivity contribution in [2.24, 2.45) is 5.92 Å². The molecule has 4 nitrogen and oxygen atoms in total. The summed E-state index contributed by atoms with van der Waals surface area (Å²) < 4.78 is 29.6. The summed E-state index contributed by atoms with van der Waals surface area (Å²) in [6.45, 7) is 0.701. The number of carbonyl (C=O) groups is 1. The third kappa shape index (κ3) is 2.62. The second kappa shape index (κ2) is 5.44. The van der Waals surface area contributed by atoms with Crippen LogP contribution in [-0.4, -0.2) is 21.5 Å². The summed E-state index contributed by atoms with van der Waals surface area (Å²) >= 11 is 0. The van der Waals surface area contributed by atoms with Crippen LogP contribution in [0, 0.1) is 17.6 Å². The third-order valence-electron chi connectivity index (χ3n) is 4.78. The molecule has 6 heteroatoms. The number of fused-ring (bicyclic) bond motifs is 1. The molecule has 4 rings (SSSR count). The molecule has 1 aliphatic carbocycles. The van der Waals surface area contributed by atoms with E-state index in [1.165, 1.54) is 18.2 Å². The lowest BCUT2D eigenvalue weighted by Gasteiger charge is -2.24. The number of imidazole rings is 1. The van der Waals surface area contributed by atoms with Gasteiger partial charge in [0.25, 0.3) is 0 Å². The number of amides is 1. The minimum Gasteiger partial charge on any atom is -0.351 e. The zero-order chi connectivity index (χ0) is 16.0. The van der Waals surface area contributed by atoms with Crippen LogP contribution in [0.1, 0.15) is 30.1 Å². The lowest BCUT2D eigenvalue weighted by molar-refractivity contribution is -0.123. The summed E-state index contributed by atoms with van der Waals surface area (Å²) in [4.78, 5) is 16.6. The van der Waals surface area contributed by atoms with E-state index in [0.717, 1.165) is 18.7 Å². The van der Waals surface area contributed by atoms with Gasteiger partial charge < -0.3 is 9.88 Å². The fourth-order valence-electron chi connectivity index (χ4n) is 3.46. The normalized spacial score (nSPS) is 25.7. The van der Waals surface area contributed by atoms with Crippen molar-refractivity contribution in [3.63, 3.8) is 0 Å². The van der Waals surface area contributed by atoms with Crippen LogP contribution >= 0.6 is 0 Å². The van der Waals surface area contributed by atoms with Gasteiger partial charge in [0.15, 0.2) is 0 Å². The quantitative estimate of drug-likeness (QED) is 0.945. The van der Waals surface area contributed by atoms with Crippen molar-refractivity contribution in [1.29, 1.82) is 0 Å². The molecule has 1 saturated carbocycles. The summed E-state index contributed by atoms with van der Waals surface area (Å²) in [5, 5.41) is 3.02. The number of aromatic nitrogens is 2. The number of hydrogen-bond donors (Lipinski definition) is 1. The Morgan fingerprint density at radius 3 is 2.87 bits per heavy atom. The Hall–Kier alpha value is -2.24. The lowest BCUT2D eigenvalue weighted by atomic mass is 10.1. The van der Waals surface area contributed by atoms with E-state index in [1.54, 1.807) is 6.20 Å². The summed E-state index contributed by atoms with van der Waals surface area (Å²) in [5.74, 6) is -0.870. The highest BCUT2D eigenvalue weighted by molar-refractivity contribution is 5.83. The molecular formula is C17H17F2N3O. The highest BCUT2D eigenvalue weighted by atomic mass is 19.1. The second-order valence-electron chi connectivity index (χ2n) is 6.32. The van der Waals surface area contributed by atoms with E-state index in [9.17, 15) is 13.6 Å². The molecular weight excluding hydrogens is 300 g/mol. The van der Waals surface area contributed by atoms with Crippen molar-refractivity contribution in [3.8, 4) is 0 Å². The molecule has 0 spiro atoms. The molecule has 1 aliphatic heterocycles. The molecule has 1 aromatic heterocycles. The van der Waals surface area contributed by atoms with Crippen molar-refractivity contribution >= 4 is 5.91 Å². The van der Waals surface area contributed by atoms with Gasteiger partial charge in [-0.1, -0.05) is 6.07 Å². The molecule has 1 amide bonds. The van der Waals surface area contributed by atoms with Crippen molar-refractivity contribution in [2.45, 2.75) is 37.8 Å². The topological polar surface area (TPSA) is 46.9 Å². The first-order valence-corrected chi connectivity index (χ1v) is 7.88. The van der Waals surface area contributed by atoms with Crippen molar-refractivity contribution < 1.29 is 13.6 Å². The van der Waals surface area contributed by atoms with E-state index >= 15 is 0 Å². The predicted octanol–water partition coefficient (Wildman–Crippen LogP) is 2.40. The predicted molar refractivity (Wildman–Crippen MR) is 79.7 cm³/mol. The van der Waals surface area contributed by atoms with Gasteiger partial charge in [-0.25, -0.2) is 13.8 Å². The number of rotatable bonds is 3. The molecule has 0 bridgehead atoms. The van der Waals surface area contributed by atoms with Crippen molar-refractivity contribution in [2.75, 3.05) is 0 Å². The molecule has 1 N–H and O–H groups in total. The van der Waals surface area contributed by atoms with Crippen LogP contribution in [0.25, 0.3) is 0 Å². The van der Waals surface area contributed by atoms with Crippen LogP contribution in [0.15, 0.2) is 30.6 Å². The molecule has 120 valence electrons.